The number of aromatic nitrogens is 2. The normalized spacial score (nSPS) is 18.2. The summed E-state index contributed by atoms with van der Waals surface area (Å²) in [6.45, 7) is 5.17. The first-order chi connectivity index (χ1) is 12.7. The third-order valence-electron chi connectivity index (χ3n) is 4.81. The van der Waals surface area contributed by atoms with Crippen molar-refractivity contribution in [2.45, 2.75) is 19.5 Å². The lowest BCUT2D eigenvalue weighted by Crippen LogP contribution is -2.39. The van der Waals surface area contributed by atoms with E-state index < -0.39 is 0 Å². The molecular formula is C21H22FN3O. The van der Waals surface area contributed by atoms with E-state index in [1.807, 2.05) is 0 Å². The van der Waals surface area contributed by atoms with E-state index in [1.165, 1.54) is 23.3 Å². The predicted molar refractivity (Wildman–Crippen MR) is 99.1 cm³/mol. The third kappa shape index (κ3) is 3.69. The number of H-pyrrole nitrogens is 1. The van der Waals surface area contributed by atoms with Crippen molar-refractivity contribution < 1.29 is 9.13 Å². The van der Waals surface area contributed by atoms with E-state index in [2.05, 4.69) is 46.1 Å². The summed E-state index contributed by atoms with van der Waals surface area (Å²) in [5.41, 5.74) is 4.36. The molecule has 1 aliphatic rings. The van der Waals surface area contributed by atoms with Crippen molar-refractivity contribution in [3.05, 3.63) is 77.5 Å². The summed E-state index contributed by atoms with van der Waals surface area (Å²) in [6.07, 6.45) is 1.81. The van der Waals surface area contributed by atoms with Gasteiger partial charge < -0.3 is 9.72 Å². The Morgan fingerprint density at radius 1 is 1.15 bits per heavy atom. The topological polar surface area (TPSA) is 41.1 Å². The summed E-state index contributed by atoms with van der Waals surface area (Å²) in [5.74, 6) is 0.648. The molecule has 0 radical (unpaired) electrons. The Morgan fingerprint density at radius 2 is 1.92 bits per heavy atom. The molecule has 2 heterocycles. The Bertz CT molecular complexity index is 858. The van der Waals surface area contributed by atoms with Gasteiger partial charge in [0.1, 0.15) is 11.6 Å². The molecule has 0 aliphatic carbocycles. The lowest BCUT2D eigenvalue weighted by Gasteiger charge is -2.34. The SMILES string of the molecule is Cc1ccc(CN2CCOCC2c2ncc(-c3ccc(F)cc3)[nH]2)cc1. The fourth-order valence-electron chi connectivity index (χ4n) is 3.29. The largest absolute Gasteiger partial charge is 0.378 e. The monoisotopic (exact) mass is 351 g/mol. The van der Waals surface area contributed by atoms with Crippen LogP contribution in [-0.2, 0) is 11.3 Å². The van der Waals surface area contributed by atoms with Gasteiger partial charge in [-0.05, 0) is 42.3 Å². The average molecular weight is 351 g/mol. The van der Waals surface area contributed by atoms with Gasteiger partial charge in [0.05, 0.1) is 31.1 Å². The van der Waals surface area contributed by atoms with E-state index in [9.17, 15) is 4.39 Å². The lowest BCUT2D eigenvalue weighted by molar-refractivity contribution is -0.0156. The predicted octanol–water partition coefficient (Wildman–Crippen LogP) is 4.10. The van der Waals surface area contributed by atoms with Crippen molar-refractivity contribution in [3.8, 4) is 11.3 Å². The molecule has 1 aromatic heterocycles. The number of nitrogens with one attached hydrogen (secondary N) is 1. The number of nitrogens with zero attached hydrogens (tertiary/aromatic N) is 2. The lowest BCUT2D eigenvalue weighted by atomic mass is 10.1. The van der Waals surface area contributed by atoms with E-state index >= 15 is 0 Å². The number of morpholine rings is 1. The van der Waals surface area contributed by atoms with E-state index in [0.717, 1.165) is 36.8 Å². The summed E-state index contributed by atoms with van der Waals surface area (Å²) < 4.78 is 18.8. The Hall–Kier alpha value is -2.50. The van der Waals surface area contributed by atoms with Gasteiger partial charge in [-0.25, -0.2) is 9.37 Å². The fourth-order valence-corrected chi connectivity index (χ4v) is 3.29. The summed E-state index contributed by atoms with van der Waals surface area (Å²) in [6, 6.07) is 15.2. The highest BCUT2D eigenvalue weighted by molar-refractivity contribution is 5.58. The highest BCUT2D eigenvalue weighted by Gasteiger charge is 2.27. The van der Waals surface area contributed by atoms with Gasteiger partial charge in [-0.15, -0.1) is 0 Å². The molecule has 4 nitrogen and oxygen atoms in total. The number of halogens is 1. The molecular weight excluding hydrogens is 329 g/mol. The molecule has 5 heteroatoms. The number of imidazole rings is 1. The molecule has 26 heavy (non-hydrogen) atoms. The maximum absolute atomic E-state index is 13.1. The van der Waals surface area contributed by atoms with Crippen LogP contribution in [0.4, 0.5) is 4.39 Å². The van der Waals surface area contributed by atoms with E-state index in [1.54, 1.807) is 18.3 Å². The van der Waals surface area contributed by atoms with Crippen molar-refractivity contribution in [2.24, 2.45) is 0 Å². The molecule has 3 aromatic rings. The van der Waals surface area contributed by atoms with Gasteiger partial charge in [-0.3, -0.25) is 4.90 Å². The van der Waals surface area contributed by atoms with Crippen LogP contribution in [-0.4, -0.2) is 34.6 Å². The maximum atomic E-state index is 13.1. The molecule has 1 N–H and O–H groups in total. The van der Waals surface area contributed by atoms with Gasteiger partial charge in [0.15, 0.2) is 0 Å². The van der Waals surface area contributed by atoms with Crippen LogP contribution in [0.2, 0.25) is 0 Å². The van der Waals surface area contributed by atoms with Gasteiger partial charge in [-0.2, -0.15) is 0 Å². The number of rotatable bonds is 4. The van der Waals surface area contributed by atoms with Gasteiger partial charge in [-0.1, -0.05) is 29.8 Å². The van der Waals surface area contributed by atoms with Gasteiger partial charge in [0.2, 0.25) is 0 Å². The first-order valence-corrected chi connectivity index (χ1v) is 8.87. The van der Waals surface area contributed by atoms with Crippen molar-refractivity contribution in [2.75, 3.05) is 19.8 Å². The number of aromatic amines is 1. The van der Waals surface area contributed by atoms with Crippen LogP contribution in [0.25, 0.3) is 11.3 Å². The first kappa shape index (κ1) is 16.9. The molecule has 1 saturated heterocycles. The maximum Gasteiger partial charge on any atom is 0.126 e. The quantitative estimate of drug-likeness (QED) is 0.769. The molecule has 0 saturated carbocycles. The Balaban J connectivity index is 1.54. The number of ether oxygens (including phenoxy) is 1. The van der Waals surface area contributed by atoms with Crippen LogP contribution in [0, 0.1) is 12.7 Å². The van der Waals surface area contributed by atoms with Gasteiger partial charge >= 0.3 is 0 Å². The highest BCUT2D eigenvalue weighted by atomic mass is 19.1. The van der Waals surface area contributed by atoms with Crippen LogP contribution in [0.3, 0.4) is 0 Å². The summed E-state index contributed by atoms with van der Waals surface area (Å²) in [7, 11) is 0. The molecule has 0 spiro atoms. The Labute approximate surface area is 152 Å². The number of aryl methyl sites for hydroxylation is 1. The smallest absolute Gasteiger partial charge is 0.126 e. The summed E-state index contributed by atoms with van der Waals surface area (Å²) in [4.78, 5) is 10.4. The van der Waals surface area contributed by atoms with E-state index in [-0.39, 0.29) is 11.9 Å². The number of hydrogen-bond donors (Lipinski definition) is 1. The second kappa shape index (κ2) is 7.40. The van der Waals surface area contributed by atoms with Crippen LogP contribution in [0.5, 0.6) is 0 Å². The highest BCUT2D eigenvalue weighted by Crippen LogP contribution is 2.26. The molecule has 1 unspecified atom stereocenters. The van der Waals surface area contributed by atoms with E-state index in [0.29, 0.717) is 6.61 Å². The molecule has 134 valence electrons. The average Bonchev–Trinajstić information content (AvgIpc) is 3.15. The minimum Gasteiger partial charge on any atom is -0.378 e. The molecule has 0 amide bonds. The van der Waals surface area contributed by atoms with Gasteiger partial charge in [0, 0.05) is 13.1 Å². The van der Waals surface area contributed by atoms with Crippen LogP contribution < -0.4 is 0 Å². The van der Waals surface area contributed by atoms with Crippen LogP contribution >= 0.6 is 0 Å². The second-order valence-corrected chi connectivity index (χ2v) is 6.74. The zero-order chi connectivity index (χ0) is 17.9. The molecule has 0 bridgehead atoms. The molecule has 4 rings (SSSR count). The Morgan fingerprint density at radius 3 is 2.69 bits per heavy atom. The minimum atomic E-state index is -0.238. The van der Waals surface area contributed by atoms with Crippen LogP contribution in [0.15, 0.2) is 54.7 Å². The minimum absolute atomic E-state index is 0.0826. The zero-order valence-corrected chi connectivity index (χ0v) is 14.8. The van der Waals surface area contributed by atoms with Crippen LogP contribution in [0.1, 0.15) is 23.0 Å². The zero-order valence-electron chi connectivity index (χ0n) is 14.8. The summed E-state index contributed by atoms with van der Waals surface area (Å²) >= 11 is 0. The molecule has 1 fully saturated rings. The second-order valence-electron chi connectivity index (χ2n) is 6.74. The number of hydrogen-bond acceptors (Lipinski definition) is 3. The summed E-state index contributed by atoms with van der Waals surface area (Å²) in [5, 5.41) is 0. The molecule has 2 aromatic carbocycles. The van der Waals surface area contributed by atoms with Crippen molar-refractivity contribution in [3.63, 3.8) is 0 Å². The molecule has 1 atom stereocenters. The first-order valence-electron chi connectivity index (χ1n) is 8.87. The van der Waals surface area contributed by atoms with Crippen molar-refractivity contribution in [1.29, 1.82) is 0 Å². The third-order valence-corrected chi connectivity index (χ3v) is 4.81. The standard InChI is InChI=1S/C21H22FN3O/c1-15-2-4-16(5-3-15)13-25-10-11-26-14-20(25)21-23-12-19(24-21)17-6-8-18(22)9-7-17/h2-9,12,20H,10-11,13-14H2,1H3,(H,23,24). The number of benzene rings is 2. The molecule has 1 aliphatic heterocycles. The van der Waals surface area contributed by atoms with E-state index in [4.69, 9.17) is 4.74 Å². The van der Waals surface area contributed by atoms with Crippen molar-refractivity contribution in [1.82, 2.24) is 14.9 Å². The van der Waals surface area contributed by atoms with Gasteiger partial charge in [0.25, 0.3) is 0 Å². The Kier molecular flexibility index (Phi) is 4.82. The van der Waals surface area contributed by atoms with Crippen molar-refractivity contribution >= 4 is 0 Å². The fraction of sp³-hybridized carbons (Fsp3) is 0.286.